The van der Waals surface area contributed by atoms with Gasteiger partial charge in [0, 0.05) is 35.2 Å². The summed E-state index contributed by atoms with van der Waals surface area (Å²) in [6.07, 6.45) is 8.60. The molecule has 19 heavy (non-hydrogen) atoms. The van der Waals surface area contributed by atoms with E-state index >= 15 is 0 Å². The van der Waals surface area contributed by atoms with Gasteiger partial charge in [-0.3, -0.25) is 4.90 Å². The Hall–Kier alpha value is -1.54. The standard InChI is InChI=1S/C17H20N2/c1-12-4-5-17-15(9-12)16(11-18-17)13-6-8-19-7-2-3-14(19)10-13/h4-6,9,11,14,18H,2-3,7-8,10H2,1H3/t14-/m1/s1. The minimum Gasteiger partial charge on any atom is -0.361 e. The Labute approximate surface area is 114 Å². The lowest BCUT2D eigenvalue weighted by atomic mass is 9.93. The monoisotopic (exact) mass is 252 g/mol. The number of aromatic nitrogens is 1. The van der Waals surface area contributed by atoms with E-state index in [4.69, 9.17) is 0 Å². The topological polar surface area (TPSA) is 19.0 Å². The zero-order valence-electron chi connectivity index (χ0n) is 11.4. The molecule has 0 unspecified atom stereocenters. The van der Waals surface area contributed by atoms with Gasteiger partial charge in [-0.1, -0.05) is 17.7 Å². The molecule has 2 nitrogen and oxygen atoms in total. The van der Waals surface area contributed by atoms with E-state index in [0.717, 1.165) is 12.6 Å². The molecule has 0 spiro atoms. The van der Waals surface area contributed by atoms with E-state index in [0.29, 0.717) is 0 Å². The van der Waals surface area contributed by atoms with Crippen LogP contribution in [-0.2, 0) is 0 Å². The van der Waals surface area contributed by atoms with Crippen molar-refractivity contribution < 1.29 is 0 Å². The quantitative estimate of drug-likeness (QED) is 0.819. The highest BCUT2D eigenvalue weighted by atomic mass is 15.2. The van der Waals surface area contributed by atoms with Crippen LogP contribution in [0.1, 0.15) is 30.4 Å². The van der Waals surface area contributed by atoms with Crippen LogP contribution in [-0.4, -0.2) is 29.0 Å². The van der Waals surface area contributed by atoms with Crippen LogP contribution in [0.4, 0.5) is 0 Å². The summed E-state index contributed by atoms with van der Waals surface area (Å²) in [7, 11) is 0. The normalized spacial score (nSPS) is 23.6. The summed E-state index contributed by atoms with van der Waals surface area (Å²) < 4.78 is 0. The SMILES string of the molecule is Cc1ccc2[nH]cc(C3=CCN4CCC[C@@H]4C3)c2c1. The summed E-state index contributed by atoms with van der Waals surface area (Å²) in [6, 6.07) is 7.47. The maximum atomic E-state index is 3.42. The van der Waals surface area contributed by atoms with Crippen molar-refractivity contribution in [1.29, 1.82) is 0 Å². The van der Waals surface area contributed by atoms with Crippen LogP contribution in [0.15, 0.2) is 30.5 Å². The lowest BCUT2D eigenvalue weighted by Gasteiger charge is -2.29. The Bertz CT molecular complexity index is 650. The first-order chi connectivity index (χ1) is 9.31. The first-order valence-electron chi connectivity index (χ1n) is 7.32. The molecule has 2 heteroatoms. The number of rotatable bonds is 1. The van der Waals surface area contributed by atoms with Crippen LogP contribution in [0.25, 0.3) is 16.5 Å². The van der Waals surface area contributed by atoms with E-state index in [1.807, 2.05) is 0 Å². The van der Waals surface area contributed by atoms with Crippen LogP contribution in [0.5, 0.6) is 0 Å². The maximum Gasteiger partial charge on any atom is 0.0460 e. The average Bonchev–Trinajstić information content (AvgIpc) is 3.03. The third-order valence-corrected chi connectivity index (χ3v) is 4.71. The zero-order chi connectivity index (χ0) is 12.8. The highest BCUT2D eigenvalue weighted by molar-refractivity contribution is 5.93. The van der Waals surface area contributed by atoms with Crippen molar-refractivity contribution in [3.63, 3.8) is 0 Å². The molecule has 0 bridgehead atoms. The Morgan fingerprint density at radius 1 is 1.32 bits per heavy atom. The van der Waals surface area contributed by atoms with E-state index in [-0.39, 0.29) is 0 Å². The summed E-state index contributed by atoms with van der Waals surface area (Å²) in [5.41, 5.74) is 5.56. The molecular formula is C17H20N2. The number of nitrogens with zero attached hydrogens (tertiary/aromatic N) is 1. The Morgan fingerprint density at radius 2 is 2.26 bits per heavy atom. The molecule has 1 N–H and O–H groups in total. The summed E-state index contributed by atoms with van der Waals surface area (Å²) in [4.78, 5) is 6.05. The van der Waals surface area contributed by atoms with Crippen molar-refractivity contribution in [3.05, 3.63) is 41.6 Å². The van der Waals surface area contributed by atoms with Gasteiger partial charge >= 0.3 is 0 Å². The number of aryl methyl sites for hydroxylation is 1. The predicted octanol–water partition coefficient (Wildman–Crippen LogP) is 3.73. The predicted molar refractivity (Wildman–Crippen MR) is 80.2 cm³/mol. The van der Waals surface area contributed by atoms with Crippen molar-refractivity contribution in [3.8, 4) is 0 Å². The molecule has 1 aromatic heterocycles. The molecule has 2 aliphatic rings. The second-order valence-corrected chi connectivity index (χ2v) is 5.98. The van der Waals surface area contributed by atoms with Gasteiger partial charge in [-0.25, -0.2) is 0 Å². The zero-order valence-corrected chi connectivity index (χ0v) is 11.4. The lowest BCUT2D eigenvalue weighted by molar-refractivity contribution is 0.275. The molecule has 1 fully saturated rings. The van der Waals surface area contributed by atoms with E-state index in [1.165, 1.54) is 47.8 Å². The van der Waals surface area contributed by atoms with Crippen molar-refractivity contribution >= 4 is 16.5 Å². The van der Waals surface area contributed by atoms with Crippen LogP contribution in [0, 0.1) is 6.92 Å². The first kappa shape index (κ1) is 11.3. The summed E-state index contributed by atoms with van der Waals surface area (Å²) in [6.45, 7) is 4.60. The third kappa shape index (κ3) is 1.82. The van der Waals surface area contributed by atoms with Gasteiger partial charge in [0.2, 0.25) is 0 Å². The van der Waals surface area contributed by atoms with Crippen molar-refractivity contribution in [2.24, 2.45) is 0 Å². The van der Waals surface area contributed by atoms with Gasteiger partial charge in [-0.2, -0.15) is 0 Å². The number of benzene rings is 1. The second-order valence-electron chi connectivity index (χ2n) is 5.98. The fourth-order valence-corrected chi connectivity index (χ4v) is 3.65. The molecule has 0 amide bonds. The van der Waals surface area contributed by atoms with Gasteiger partial charge in [0.25, 0.3) is 0 Å². The summed E-state index contributed by atoms with van der Waals surface area (Å²) in [5, 5.41) is 1.39. The number of hydrogen-bond donors (Lipinski definition) is 1. The van der Waals surface area contributed by atoms with Crippen LogP contribution in [0.2, 0.25) is 0 Å². The minimum atomic E-state index is 0.787. The largest absolute Gasteiger partial charge is 0.361 e. The third-order valence-electron chi connectivity index (χ3n) is 4.71. The fraction of sp³-hybridized carbons (Fsp3) is 0.412. The van der Waals surface area contributed by atoms with Gasteiger partial charge in [0.1, 0.15) is 0 Å². The molecule has 1 saturated heterocycles. The number of nitrogens with one attached hydrogen (secondary N) is 1. The number of fused-ring (bicyclic) bond motifs is 2. The molecule has 0 aliphatic carbocycles. The Balaban J connectivity index is 1.76. The van der Waals surface area contributed by atoms with E-state index in [9.17, 15) is 0 Å². The van der Waals surface area contributed by atoms with Gasteiger partial charge < -0.3 is 4.98 Å². The van der Waals surface area contributed by atoms with Crippen LogP contribution in [0.3, 0.4) is 0 Å². The minimum absolute atomic E-state index is 0.787. The molecule has 1 atom stereocenters. The second kappa shape index (κ2) is 4.24. The summed E-state index contributed by atoms with van der Waals surface area (Å²) >= 11 is 0. The van der Waals surface area contributed by atoms with Gasteiger partial charge in [-0.05, 0) is 50.4 Å². The molecule has 98 valence electrons. The smallest absolute Gasteiger partial charge is 0.0460 e. The molecule has 3 heterocycles. The van der Waals surface area contributed by atoms with Gasteiger partial charge in [0.05, 0.1) is 0 Å². The number of hydrogen-bond acceptors (Lipinski definition) is 1. The lowest BCUT2D eigenvalue weighted by Crippen LogP contribution is -2.32. The van der Waals surface area contributed by atoms with Crippen LogP contribution < -0.4 is 0 Å². The van der Waals surface area contributed by atoms with Crippen LogP contribution >= 0.6 is 0 Å². The fourth-order valence-electron chi connectivity index (χ4n) is 3.65. The van der Waals surface area contributed by atoms with Gasteiger partial charge in [0.15, 0.2) is 0 Å². The van der Waals surface area contributed by atoms with Gasteiger partial charge in [-0.15, -0.1) is 0 Å². The Morgan fingerprint density at radius 3 is 3.21 bits per heavy atom. The molecular weight excluding hydrogens is 232 g/mol. The molecule has 2 aliphatic heterocycles. The van der Waals surface area contributed by atoms with Crippen molar-refractivity contribution in [1.82, 2.24) is 9.88 Å². The van der Waals surface area contributed by atoms with E-state index in [1.54, 1.807) is 5.57 Å². The molecule has 4 rings (SSSR count). The molecule has 0 radical (unpaired) electrons. The molecule has 0 saturated carbocycles. The highest BCUT2D eigenvalue weighted by Crippen LogP contribution is 2.35. The van der Waals surface area contributed by atoms with E-state index in [2.05, 4.69) is 47.3 Å². The highest BCUT2D eigenvalue weighted by Gasteiger charge is 2.28. The van der Waals surface area contributed by atoms with Crippen molar-refractivity contribution in [2.75, 3.05) is 13.1 Å². The summed E-state index contributed by atoms with van der Waals surface area (Å²) in [5.74, 6) is 0. The first-order valence-corrected chi connectivity index (χ1v) is 7.32. The average molecular weight is 252 g/mol. The molecule has 1 aromatic carbocycles. The number of H-pyrrole nitrogens is 1. The molecule has 2 aromatic rings. The number of aromatic amines is 1. The Kier molecular flexibility index (Phi) is 2.52. The maximum absolute atomic E-state index is 3.42. The van der Waals surface area contributed by atoms with E-state index < -0.39 is 0 Å². The van der Waals surface area contributed by atoms with Crippen molar-refractivity contribution in [2.45, 2.75) is 32.2 Å².